The maximum atomic E-state index is 12.7. The number of phenolic OH excluding ortho intramolecular Hbond substituents is 1. The number of aromatic carboxylic acids is 1. The van der Waals surface area contributed by atoms with Crippen LogP contribution < -0.4 is 0 Å². The van der Waals surface area contributed by atoms with Crippen molar-refractivity contribution in [1.82, 2.24) is 0 Å². The molecule has 0 fully saturated rings. The Bertz CT molecular complexity index is 956. The normalized spacial score (nSPS) is 10.4. The standard InChI is InChI=1S/C21H16O4/c1-13-6-8-14(9-7-13)15-10-11-18(19(22)12-15)20(23)16-4-2-3-5-17(16)21(24)25/h2-12,22H,1H3,(H,24,25). The number of carboxylic acid groups (broad SMARTS) is 1. The summed E-state index contributed by atoms with van der Waals surface area (Å²) in [5.41, 5.74) is 2.86. The Morgan fingerprint density at radius 1 is 0.760 bits per heavy atom. The van der Waals surface area contributed by atoms with Crippen molar-refractivity contribution in [3.63, 3.8) is 0 Å². The number of aryl methyl sites for hydroxylation is 1. The van der Waals surface area contributed by atoms with Crippen molar-refractivity contribution in [2.24, 2.45) is 0 Å². The minimum atomic E-state index is -1.18. The van der Waals surface area contributed by atoms with Crippen LogP contribution in [0.2, 0.25) is 0 Å². The van der Waals surface area contributed by atoms with Crippen LogP contribution in [0.15, 0.2) is 66.7 Å². The SMILES string of the molecule is Cc1ccc(-c2ccc(C(=O)c3ccccc3C(=O)O)c(O)c2)cc1. The van der Waals surface area contributed by atoms with E-state index in [1.165, 1.54) is 24.3 Å². The van der Waals surface area contributed by atoms with Gasteiger partial charge in [-0.3, -0.25) is 4.79 Å². The Kier molecular flexibility index (Phi) is 4.35. The fraction of sp³-hybridized carbons (Fsp3) is 0.0476. The number of rotatable bonds is 4. The summed E-state index contributed by atoms with van der Waals surface area (Å²) >= 11 is 0. The zero-order chi connectivity index (χ0) is 18.0. The molecular weight excluding hydrogens is 316 g/mol. The lowest BCUT2D eigenvalue weighted by Gasteiger charge is -2.09. The predicted molar refractivity (Wildman–Crippen MR) is 95.1 cm³/mol. The number of benzene rings is 3. The van der Waals surface area contributed by atoms with E-state index >= 15 is 0 Å². The third kappa shape index (κ3) is 3.28. The Balaban J connectivity index is 2.00. The number of hydrogen-bond donors (Lipinski definition) is 2. The number of carbonyl (C=O) groups is 2. The Hall–Kier alpha value is -3.40. The van der Waals surface area contributed by atoms with Crippen molar-refractivity contribution in [2.75, 3.05) is 0 Å². The Morgan fingerprint density at radius 3 is 1.96 bits per heavy atom. The molecule has 0 saturated carbocycles. The first kappa shape index (κ1) is 16.5. The van der Waals surface area contributed by atoms with E-state index in [9.17, 15) is 19.8 Å². The lowest BCUT2D eigenvalue weighted by Crippen LogP contribution is -2.09. The van der Waals surface area contributed by atoms with Crippen LogP contribution in [-0.2, 0) is 0 Å². The molecule has 124 valence electrons. The van der Waals surface area contributed by atoms with E-state index in [1.807, 2.05) is 31.2 Å². The highest BCUT2D eigenvalue weighted by atomic mass is 16.4. The van der Waals surface area contributed by atoms with E-state index in [4.69, 9.17) is 0 Å². The molecule has 0 radical (unpaired) electrons. The van der Waals surface area contributed by atoms with Crippen molar-refractivity contribution in [2.45, 2.75) is 6.92 Å². The highest BCUT2D eigenvalue weighted by Gasteiger charge is 2.20. The van der Waals surface area contributed by atoms with Gasteiger partial charge in [0.2, 0.25) is 0 Å². The van der Waals surface area contributed by atoms with Crippen molar-refractivity contribution in [1.29, 1.82) is 0 Å². The average molecular weight is 332 g/mol. The van der Waals surface area contributed by atoms with Crippen molar-refractivity contribution in [3.05, 3.63) is 89.0 Å². The summed E-state index contributed by atoms with van der Waals surface area (Å²) in [6.45, 7) is 1.99. The zero-order valence-corrected chi connectivity index (χ0v) is 13.6. The molecule has 4 nitrogen and oxygen atoms in total. The van der Waals surface area contributed by atoms with Crippen LogP contribution in [0.25, 0.3) is 11.1 Å². The fourth-order valence-corrected chi connectivity index (χ4v) is 2.66. The fourth-order valence-electron chi connectivity index (χ4n) is 2.66. The molecule has 0 unspecified atom stereocenters. The highest BCUT2D eigenvalue weighted by molar-refractivity contribution is 6.15. The molecule has 4 heteroatoms. The second-order valence-corrected chi connectivity index (χ2v) is 5.78. The minimum Gasteiger partial charge on any atom is -0.507 e. The molecule has 0 aliphatic rings. The van der Waals surface area contributed by atoms with Crippen LogP contribution in [0.3, 0.4) is 0 Å². The van der Waals surface area contributed by atoms with E-state index in [-0.39, 0.29) is 22.4 Å². The topological polar surface area (TPSA) is 74.6 Å². The van der Waals surface area contributed by atoms with Crippen LogP contribution in [0.4, 0.5) is 0 Å². The molecular formula is C21H16O4. The van der Waals surface area contributed by atoms with Gasteiger partial charge in [-0.05, 0) is 36.2 Å². The molecule has 0 atom stereocenters. The van der Waals surface area contributed by atoms with Crippen LogP contribution >= 0.6 is 0 Å². The number of hydrogen-bond acceptors (Lipinski definition) is 3. The average Bonchev–Trinajstić information content (AvgIpc) is 2.61. The van der Waals surface area contributed by atoms with Gasteiger partial charge in [0.15, 0.2) is 5.78 Å². The quantitative estimate of drug-likeness (QED) is 0.699. The zero-order valence-electron chi connectivity index (χ0n) is 13.6. The summed E-state index contributed by atoms with van der Waals surface area (Å²) in [7, 11) is 0. The largest absolute Gasteiger partial charge is 0.507 e. The second kappa shape index (κ2) is 6.61. The Labute approximate surface area is 145 Å². The third-order valence-corrected chi connectivity index (χ3v) is 4.03. The molecule has 0 saturated heterocycles. The number of carboxylic acids is 1. The van der Waals surface area contributed by atoms with Gasteiger partial charge in [-0.25, -0.2) is 4.79 Å². The van der Waals surface area contributed by atoms with Crippen LogP contribution in [0.5, 0.6) is 5.75 Å². The maximum absolute atomic E-state index is 12.7. The van der Waals surface area contributed by atoms with Crippen molar-refractivity contribution >= 4 is 11.8 Å². The molecule has 3 aromatic carbocycles. The smallest absolute Gasteiger partial charge is 0.336 e. The van der Waals surface area contributed by atoms with Crippen LogP contribution in [0, 0.1) is 6.92 Å². The molecule has 0 bridgehead atoms. The number of carbonyl (C=O) groups excluding carboxylic acids is 1. The van der Waals surface area contributed by atoms with Gasteiger partial charge < -0.3 is 10.2 Å². The summed E-state index contributed by atoms with van der Waals surface area (Å²) in [6.07, 6.45) is 0. The third-order valence-electron chi connectivity index (χ3n) is 4.03. The molecule has 3 aromatic rings. The van der Waals surface area contributed by atoms with Gasteiger partial charge in [-0.2, -0.15) is 0 Å². The number of ketones is 1. The van der Waals surface area contributed by atoms with Crippen LogP contribution in [0.1, 0.15) is 31.8 Å². The van der Waals surface area contributed by atoms with Gasteiger partial charge in [0.05, 0.1) is 11.1 Å². The first-order chi connectivity index (χ1) is 12.0. The summed E-state index contributed by atoms with van der Waals surface area (Å²) in [5, 5.41) is 19.5. The van der Waals surface area contributed by atoms with Crippen LogP contribution in [-0.4, -0.2) is 22.0 Å². The Morgan fingerprint density at radius 2 is 1.36 bits per heavy atom. The summed E-state index contributed by atoms with van der Waals surface area (Å²) < 4.78 is 0. The van der Waals surface area contributed by atoms with Crippen molar-refractivity contribution in [3.8, 4) is 16.9 Å². The molecule has 0 amide bonds. The number of aromatic hydroxyl groups is 1. The lowest BCUT2D eigenvalue weighted by atomic mass is 9.95. The molecule has 0 aliphatic carbocycles. The summed E-state index contributed by atoms with van der Waals surface area (Å²) in [4.78, 5) is 24.0. The molecule has 25 heavy (non-hydrogen) atoms. The monoisotopic (exact) mass is 332 g/mol. The summed E-state index contributed by atoms with van der Waals surface area (Å²) in [6, 6.07) is 18.5. The van der Waals surface area contributed by atoms with Gasteiger partial charge in [-0.15, -0.1) is 0 Å². The first-order valence-electron chi connectivity index (χ1n) is 7.74. The van der Waals surface area contributed by atoms with Gasteiger partial charge >= 0.3 is 5.97 Å². The molecule has 0 heterocycles. The number of phenols is 1. The minimum absolute atomic E-state index is 0.0494. The van der Waals surface area contributed by atoms with Gasteiger partial charge in [-0.1, -0.05) is 54.1 Å². The maximum Gasteiger partial charge on any atom is 0.336 e. The van der Waals surface area contributed by atoms with E-state index in [1.54, 1.807) is 18.2 Å². The summed E-state index contributed by atoms with van der Waals surface area (Å²) in [5.74, 6) is -1.88. The van der Waals surface area contributed by atoms with Gasteiger partial charge in [0, 0.05) is 5.56 Å². The van der Waals surface area contributed by atoms with Crippen molar-refractivity contribution < 1.29 is 19.8 Å². The second-order valence-electron chi connectivity index (χ2n) is 5.78. The lowest BCUT2D eigenvalue weighted by molar-refractivity contribution is 0.0692. The molecule has 0 spiro atoms. The van der Waals surface area contributed by atoms with E-state index in [0.29, 0.717) is 0 Å². The highest BCUT2D eigenvalue weighted by Crippen LogP contribution is 2.29. The first-order valence-corrected chi connectivity index (χ1v) is 7.74. The van der Waals surface area contributed by atoms with E-state index in [0.717, 1.165) is 16.7 Å². The molecule has 2 N–H and O–H groups in total. The van der Waals surface area contributed by atoms with Gasteiger partial charge in [0.25, 0.3) is 0 Å². The molecule has 0 aliphatic heterocycles. The van der Waals surface area contributed by atoms with E-state index < -0.39 is 11.8 Å². The van der Waals surface area contributed by atoms with Gasteiger partial charge in [0.1, 0.15) is 5.75 Å². The predicted octanol–water partition coefficient (Wildman–Crippen LogP) is 4.30. The molecule has 0 aromatic heterocycles. The van der Waals surface area contributed by atoms with E-state index in [2.05, 4.69) is 0 Å². The molecule has 3 rings (SSSR count).